The number of halogens is 1. The number of hydrogen-bond donors (Lipinski definition) is 0. The van der Waals surface area contributed by atoms with Gasteiger partial charge < -0.3 is 9.42 Å². The Morgan fingerprint density at radius 2 is 1.79 bits per heavy atom. The van der Waals surface area contributed by atoms with E-state index < -0.39 is 0 Å². The molecule has 1 aromatic heterocycles. The lowest BCUT2D eigenvalue weighted by atomic mass is 10.1. The smallest absolute Gasteiger partial charge is 0.254 e. The van der Waals surface area contributed by atoms with Crippen LogP contribution in [0, 0.1) is 6.92 Å². The fourth-order valence-electron chi connectivity index (χ4n) is 2.23. The molecule has 24 heavy (non-hydrogen) atoms. The normalized spacial score (nSPS) is 10.6. The van der Waals surface area contributed by atoms with Gasteiger partial charge in [0, 0.05) is 22.6 Å². The molecular formula is C18H16BrN3O2. The molecule has 0 radical (unpaired) electrons. The molecule has 3 aromatic rings. The lowest BCUT2D eigenvalue weighted by molar-refractivity contribution is 0.0769. The van der Waals surface area contributed by atoms with E-state index in [9.17, 15) is 4.79 Å². The minimum atomic E-state index is -0.0995. The first-order valence-electron chi connectivity index (χ1n) is 7.43. The molecule has 5 nitrogen and oxygen atoms in total. The van der Waals surface area contributed by atoms with Crippen LogP contribution < -0.4 is 0 Å². The van der Waals surface area contributed by atoms with E-state index in [1.54, 1.807) is 24.1 Å². The van der Waals surface area contributed by atoms with Crippen LogP contribution in [0.1, 0.15) is 21.8 Å². The van der Waals surface area contributed by atoms with Gasteiger partial charge in [-0.2, -0.15) is 4.98 Å². The molecule has 0 N–H and O–H groups in total. The topological polar surface area (TPSA) is 59.2 Å². The number of amides is 1. The molecule has 0 saturated carbocycles. The van der Waals surface area contributed by atoms with Crippen molar-refractivity contribution in [1.29, 1.82) is 0 Å². The molecule has 0 aliphatic heterocycles. The second-order valence-corrected chi connectivity index (χ2v) is 6.46. The Morgan fingerprint density at radius 1 is 1.12 bits per heavy atom. The van der Waals surface area contributed by atoms with E-state index >= 15 is 0 Å². The average Bonchev–Trinajstić information content (AvgIpc) is 3.04. The summed E-state index contributed by atoms with van der Waals surface area (Å²) < 4.78 is 6.19. The van der Waals surface area contributed by atoms with Gasteiger partial charge in [-0.05, 0) is 31.2 Å². The first-order chi connectivity index (χ1) is 11.5. The van der Waals surface area contributed by atoms with Crippen LogP contribution in [-0.4, -0.2) is 28.0 Å². The van der Waals surface area contributed by atoms with Gasteiger partial charge in [-0.15, -0.1) is 0 Å². The summed E-state index contributed by atoms with van der Waals surface area (Å²) in [6.45, 7) is 2.28. The Labute approximate surface area is 148 Å². The minimum Gasteiger partial charge on any atom is -0.337 e. The molecule has 1 amide bonds. The number of carbonyl (C=O) groups is 1. The number of carbonyl (C=O) groups excluding carboxylic acids is 1. The van der Waals surface area contributed by atoms with Gasteiger partial charge in [0.2, 0.25) is 11.7 Å². The number of benzene rings is 2. The van der Waals surface area contributed by atoms with Crippen LogP contribution in [-0.2, 0) is 6.54 Å². The van der Waals surface area contributed by atoms with Gasteiger partial charge in [-0.3, -0.25) is 4.79 Å². The van der Waals surface area contributed by atoms with Crippen molar-refractivity contribution in [2.24, 2.45) is 0 Å². The molecule has 3 rings (SSSR count). The van der Waals surface area contributed by atoms with E-state index in [0.29, 0.717) is 17.3 Å². The number of nitrogens with zero attached hydrogens (tertiary/aromatic N) is 3. The molecular weight excluding hydrogens is 370 g/mol. The molecule has 122 valence electrons. The SMILES string of the molecule is Cc1ccc(-c2noc(CN(C)C(=O)c3ccc(Br)cc3)n2)cc1. The first kappa shape index (κ1) is 16.4. The highest BCUT2D eigenvalue weighted by atomic mass is 79.9. The fraction of sp³-hybridized carbons (Fsp3) is 0.167. The summed E-state index contributed by atoms with van der Waals surface area (Å²) in [4.78, 5) is 18.3. The Hall–Kier alpha value is -2.47. The van der Waals surface area contributed by atoms with Crippen molar-refractivity contribution in [1.82, 2.24) is 15.0 Å². The van der Waals surface area contributed by atoms with Gasteiger partial charge in [0.15, 0.2) is 0 Å². The maximum absolute atomic E-state index is 12.4. The minimum absolute atomic E-state index is 0.0995. The van der Waals surface area contributed by atoms with Crippen molar-refractivity contribution in [3.8, 4) is 11.4 Å². The zero-order chi connectivity index (χ0) is 17.1. The molecule has 0 aliphatic carbocycles. The van der Waals surface area contributed by atoms with Crippen molar-refractivity contribution < 1.29 is 9.32 Å². The van der Waals surface area contributed by atoms with Crippen molar-refractivity contribution in [3.05, 3.63) is 70.0 Å². The van der Waals surface area contributed by atoms with E-state index in [-0.39, 0.29) is 12.5 Å². The van der Waals surface area contributed by atoms with Crippen LogP contribution >= 0.6 is 15.9 Å². The van der Waals surface area contributed by atoms with E-state index in [1.165, 1.54) is 5.56 Å². The van der Waals surface area contributed by atoms with Gasteiger partial charge in [-0.25, -0.2) is 0 Å². The molecule has 0 unspecified atom stereocenters. The van der Waals surface area contributed by atoms with Crippen LogP contribution in [0.4, 0.5) is 0 Å². The van der Waals surface area contributed by atoms with E-state index in [2.05, 4.69) is 26.1 Å². The van der Waals surface area contributed by atoms with E-state index in [1.807, 2.05) is 43.3 Å². The Kier molecular flexibility index (Phi) is 4.76. The van der Waals surface area contributed by atoms with Gasteiger partial charge in [0.25, 0.3) is 5.91 Å². The molecule has 0 bridgehead atoms. The third kappa shape index (κ3) is 3.71. The summed E-state index contributed by atoms with van der Waals surface area (Å²) in [5.41, 5.74) is 2.67. The van der Waals surface area contributed by atoms with Crippen LogP contribution in [0.2, 0.25) is 0 Å². The van der Waals surface area contributed by atoms with Gasteiger partial charge in [0.1, 0.15) is 0 Å². The Morgan fingerprint density at radius 3 is 2.46 bits per heavy atom. The van der Waals surface area contributed by atoms with Crippen molar-refractivity contribution in [2.45, 2.75) is 13.5 Å². The van der Waals surface area contributed by atoms with Gasteiger partial charge >= 0.3 is 0 Å². The van der Waals surface area contributed by atoms with E-state index in [4.69, 9.17) is 4.52 Å². The molecule has 1 heterocycles. The van der Waals surface area contributed by atoms with Crippen molar-refractivity contribution in [3.63, 3.8) is 0 Å². The highest BCUT2D eigenvalue weighted by molar-refractivity contribution is 9.10. The summed E-state index contributed by atoms with van der Waals surface area (Å²) in [6, 6.07) is 15.1. The molecule has 0 aliphatic rings. The summed E-state index contributed by atoms with van der Waals surface area (Å²) in [5.74, 6) is 0.825. The summed E-state index contributed by atoms with van der Waals surface area (Å²) >= 11 is 3.36. The van der Waals surface area contributed by atoms with Crippen LogP contribution in [0.15, 0.2) is 57.5 Å². The number of hydrogen-bond acceptors (Lipinski definition) is 4. The summed E-state index contributed by atoms with van der Waals surface area (Å²) in [6.07, 6.45) is 0. The van der Waals surface area contributed by atoms with Crippen LogP contribution in [0.25, 0.3) is 11.4 Å². The summed E-state index contributed by atoms with van der Waals surface area (Å²) in [7, 11) is 1.71. The third-order valence-corrected chi connectivity index (χ3v) is 4.12. The van der Waals surface area contributed by atoms with E-state index in [0.717, 1.165) is 10.0 Å². The predicted octanol–water partition coefficient (Wildman–Crippen LogP) is 4.08. The molecule has 2 aromatic carbocycles. The molecule has 0 atom stereocenters. The molecule has 6 heteroatoms. The fourth-order valence-corrected chi connectivity index (χ4v) is 2.49. The van der Waals surface area contributed by atoms with Gasteiger partial charge in [0.05, 0.1) is 6.54 Å². The maximum atomic E-state index is 12.4. The Balaban J connectivity index is 1.70. The highest BCUT2D eigenvalue weighted by Crippen LogP contribution is 2.17. The monoisotopic (exact) mass is 385 g/mol. The first-order valence-corrected chi connectivity index (χ1v) is 8.23. The predicted molar refractivity (Wildman–Crippen MR) is 94.4 cm³/mol. The van der Waals surface area contributed by atoms with Gasteiger partial charge in [-0.1, -0.05) is 50.9 Å². The quantitative estimate of drug-likeness (QED) is 0.678. The second-order valence-electron chi connectivity index (χ2n) is 5.55. The number of aromatic nitrogens is 2. The lowest BCUT2D eigenvalue weighted by Crippen LogP contribution is -2.26. The van der Waals surface area contributed by atoms with Crippen LogP contribution in [0.3, 0.4) is 0 Å². The molecule has 0 spiro atoms. The molecule has 0 saturated heterocycles. The summed E-state index contributed by atoms with van der Waals surface area (Å²) in [5, 5.41) is 3.98. The standard InChI is InChI=1S/C18H16BrN3O2/c1-12-3-5-13(6-4-12)17-20-16(24-21-17)11-22(2)18(23)14-7-9-15(19)10-8-14/h3-10H,11H2,1-2H3. The Bertz CT molecular complexity index is 841. The maximum Gasteiger partial charge on any atom is 0.254 e. The second kappa shape index (κ2) is 6.97. The third-order valence-electron chi connectivity index (χ3n) is 3.59. The number of aryl methyl sites for hydroxylation is 1. The molecule has 0 fully saturated rings. The largest absolute Gasteiger partial charge is 0.337 e. The highest BCUT2D eigenvalue weighted by Gasteiger charge is 2.16. The zero-order valence-corrected chi connectivity index (χ0v) is 14.9. The average molecular weight is 386 g/mol. The van der Waals surface area contributed by atoms with Crippen molar-refractivity contribution >= 4 is 21.8 Å². The van der Waals surface area contributed by atoms with Crippen molar-refractivity contribution in [2.75, 3.05) is 7.05 Å². The lowest BCUT2D eigenvalue weighted by Gasteiger charge is -2.14. The zero-order valence-electron chi connectivity index (χ0n) is 13.4. The number of rotatable bonds is 4. The van der Waals surface area contributed by atoms with Crippen LogP contribution in [0.5, 0.6) is 0 Å².